The predicted octanol–water partition coefficient (Wildman–Crippen LogP) is 0.993. The fourth-order valence-electron chi connectivity index (χ4n) is 2.08. The molecule has 0 aromatic heterocycles. The number of carbonyl (C=O) groups is 1. The largest absolute Gasteiger partial charge is 0.483 e. The molecule has 1 amide bonds. The minimum atomic E-state index is -0.151. The van der Waals surface area contributed by atoms with E-state index >= 15 is 0 Å². The molecule has 6 heteroatoms. The van der Waals surface area contributed by atoms with E-state index in [0.29, 0.717) is 11.3 Å². The van der Waals surface area contributed by atoms with Crippen molar-refractivity contribution in [3.8, 4) is 5.75 Å². The lowest BCUT2D eigenvalue weighted by Gasteiger charge is -2.34. The SMILES string of the molecule is COC1CC(NC(=O)COc2ccccc2C(N)=S)C1. The highest BCUT2D eigenvalue weighted by molar-refractivity contribution is 7.80. The number of hydrogen-bond acceptors (Lipinski definition) is 4. The Balaban J connectivity index is 1.80. The zero-order valence-corrected chi connectivity index (χ0v) is 12.1. The average Bonchev–Trinajstić information content (AvgIpc) is 2.40. The van der Waals surface area contributed by atoms with Crippen molar-refractivity contribution in [2.24, 2.45) is 5.73 Å². The summed E-state index contributed by atoms with van der Waals surface area (Å²) in [5, 5.41) is 2.89. The van der Waals surface area contributed by atoms with Crippen LogP contribution >= 0.6 is 12.2 Å². The van der Waals surface area contributed by atoms with Gasteiger partial charge in [0, 0.05) is 13.2 Å². The molecule has 0 atom stereocenters. The van der Waals surface area contributed by atoms with E-state index in [1.54, 1.807) is 19.2 Å². The van der Waals surface area contributed by atoms with Crippen molar-refractivity contribution in [3.05, 3.63) is 29.8 Å². The first-order valence-corrected chi connectivity index (χ1v) is 6.84. The predicted molar refractivity (Wildman–Crippen MR) is 79.8 cm³/mol. The minimum absolute atomic E-state index is 0.0478. The Hall–Kier alpha value is -1.66. The molecule has 5 nitrogen and oxygen atoms in total. The summed E-state index contributed by atoms with van der Waals surface area (Å²) >= 11 is 4.94. The van der Waals surface area contributed by atoms with Gasteiger partial charge in [-0.15, -0.1) is 0 Å². The second kappa shape index (κ2) is 6.67. The van der Waals surface area contributed by atoms with Crippen LogP contribution in [0.25, 0.3) is 0 Å². The fraction of sp³-hybridized carbons (Fsp3) is 0.429. The number of methoxy groups -OCH3 is 1. The van der Waals surface area contributed by atoms with Crippen LogP contribution in [-0.2, 0) is 9.53 Å². The number of rotatable bonds is 6. The molecule has 3 N–H and O–H groups in total. The van der Waals surface area contributed by atoms with E-state index < -0.39 is 0 Å². The molecule has 0 bridgehead atoms. The molecular weight excluding hydrogens is 276 g/mol. The van der Waals surface area contributed by atoms with Crippen LogP contribution in [0.15, 0.2) is 24.3 Å². The number of nitrogens with one attached hydrogen (secondary N) is 1. The van der Waals surface area contributed by atoms with Crippen molar-refractivity contribution in [1.82, 2.24) is 5.32 Å². The van der Waals surface area contributed by atoms with Crippen molar-refractivity contribution >= 4 is 23.1 Å². The molecule has 1 aromatic carbocycles. The van der Waals surface area contributed by atoms with Crippen LogP contribution < -0.4 is 15.8 Å². The van der Waals surface area contributed by atoms with Crippen molar-refractivity contribution in [2.45, 2.75) is 25.0 Å². The summed E-state index contributed by atoms with van der Waals surface area (Å²) in [6, 6.07) is 7.32. The highest BCUT2D eigenvalue weighted by Crippen LogP contribution is 2.22. The van der Waals surface area contributed by atoms with E-state index in [1.165, 1.54) is 0 Å². The van der Waals surface area contributed by atoms with Gasteiger partial charge in [-0.1, -0.05) is 24.4 Å². The van der Waals surface area contributed by atoms with Gasteiger partial charge in [-0.3, -0.25) is 4.79 Å². The lowest BCUT2D eigenvalue weighted by molar-refractivity contribution is -0.125. The molecule has 1 saturated carbocycles. The Morgan fingerprint density at radius 3 is 2.80 bits per heavy atom. The van der Waals surface area contributed by atoms with Gasteiger partial charge in [0.15, 0.2) is 6.61 Å². The number of hydrogen-bond donors (Lipinski definition) is 2. The maximum absolute atomic E-state index is 11.8. The van der Waals surface area contributed by atoms with E-state index in [0.717, 1.165) is 12.8 Å². The van der Waals surface area contributed by atoms with E-state index in [1.807, 2.05) is 12.1 Å². The number of benzene rings is 1. The summed E-state index contributed by atoms with van der Waals surface area (Å²) in [6.07, 6.45) is 1.97. The quantitative estimate of drug-likeness (QED) is 0.766. The van der Waals surface area contributed by atoms with Gasteiger partial charge in [0.2, 0.25) is 0 Å². The number of carbonyl (C=O) groups excluding carboxylic acids is 1. The third-order valence-corrected chi connectivity index (χ3v) is 3.52. The maximum atomic E-state index is 11.8. The van der Waals surface area contributed by atoms with Gasteiger partial charge in [0.25, 0.3) is 5.91 Å². The molecule has 0 saturated heterocycles. The van der Waals surface area contributed by atoms with Crippen LogP contribution in [0.4, 0.5) is 0 Å². The molecular formula is C14H18N2O3S. The first-order chi connectivity index (χ1) is 9.60. The van der Waals surface area contributed by atoms with Gasteiger partial charge < -0.3 is 20.5 Å². The minimum Gasteiger partial charge on any atom is -0.483 e. The Labute approximate surface area is 123 Å². The summed E-state index contributed by atoms with van der Waals surface area (Å²) in [5.74, 6) is 0.376. The number of thiocarbonyl (C=S) groups is 1. The van der Waals surface area contributed by atoms with Crippen LogP contribution in [0.2, 0.25) is 0 Å². The molecule has 1 aliphatic carbocycles. The second-order valence-corrected chi connectivity index (χ2v) is 5.18. The van der Waals surface area contributed by atoms with Crippen LogP contribution in [-0.4, -0.2) is 36.8 Å². The lowest BCUT2D eigenvalue weighted by Crippen LogP contribution is -2.48. The van der Waals surface area contributed by atoms with E-state index in [-0.39, 0.29) is 29.6 Å². The first kappa shape index (κ1) is 14.7. The molecule has 2 rings (SSSR count). The van der Waals surface area contributed by atoms with Gasteiger partial charge in [0.1, 0.15) is 10.7 Å². The molecule has 1 aliphatic rings. The summed E-state index contributed by atoms with van der Waals surface area (Å²) in [7, 11) is 1.68. The molecule has 0 heterocycles. The Morgan fingerprint density at radius 1 is 1.45 bits per heavy atom. The van der Waals surface area contributed by atoms with Crippen LogP contribution in [0.1, 0.15) is 18.4 Å². The Morgan fingerprint density at radius 2 is 2.15 bits per heavy atom. The van der Waals surface area contributed by atoms with Crippen LogP contribution in [0, 0.1) is 0 Å². The summed E-state index contributed by atoms with van der Waals surface area (Å²) in [6.45, 7) is -0.0478. The molecule has 0 radical (unpaired) electrons. The second-order valence-electron chi connectivity index (χ2n) is 4.74. The zero-order chi connectivity index (χ0) is 14.5. The Bertz CT molecular complexity index is 501. The standard InChI is InChI=1S/C14H18N2O3S/c1-18-10-6-9(7-10)16-13(17)8-19-12-5-3-2-4-11(12)14(15)20/h2-5,9-10H,6-8H2,1H3,(H2,15,20)(H,16,17). The molecule has 0 aliphatic heterocycles. The first-order valence-electron chi connectivity index (χ1n) is 6.44. The summed E-state index contributed by atoms with van der Waals surface area (Å²) < 4.78 is 10.6. The van der Waals surface area contributed by atoms with Crippen LogP contribution in [0.3, 0.4) is 0 Å². The van der Waals surface area contributed by atoms with Gasteiger partial charge in [-0.25, -0.2) is 0 Å². The number of amides is 1. The van der Waals surface area contributed by atoms with E-state index in [4.69, 9.17) is 27.4 Å². The molecule has 0 unspecified atom stereocenters. The van der Waals surface area contributed by atoms with Gasteiger partial charge in [-0.05, 0) is 25.0 Å². The van der Waals surface area contributed by atoms with Gasteiger partial charge in [-0.2, -0.15) is 0 Å². The van der Waals surface area contributed by atoms with E-state index in [2.05, 4.69) is 5.32 Å². The highest BCUT2D eigenvalue weighted by Gasteiger charge is 2.30. The lowest BCUT2D eigenvalue weighted by atomic mass is 9.89. The van der Waals surface area contributed by atoms with Crippen molar-refractivity contribution < 1.29 is 14.3 Å². The van der Waals surface area contributed by atoms with Crippen molar-refractivity contribution in [3.63, 3.8) is 0 Å². The average molecular weight is 294 g/mol. The van der Waals surface area contributed by atoms with Crippen LogP contribution in [0.5, 0.6) is 5.75 Å². The van der Waals surface area contributed by atoms with Crippen molar-refractivity contribution in [1.29, 1.82) is 0 Å². The molecule has 108 valence electrons. The zero-order valence-electron chi connectivity index (χ0n) is 11.3. The monoisotopic (exact) mass is 294 g/mol. The van der Waals surface area contributed by atoms with E-state index in [9.17, 15) is 4.79 Å². The highest BCUT2D eigenvalue weighted by atomic mass is 32.1. The van der Waals surface area contributed by atoms with Gasteiger partial charge in [0.05, 0.1) is 11.7 Å². The fourth-order valence-corrected chi connectivity index (χ4v) is 2.25. The Kier molecular flexibility index (Phi) is 4.92. The van der Waals surface area contributed by atoms with Crippen molar-refractivity contribution in [2.75, 3.05) is 13.7 Å². The number of nitrogens with two attached hydrogens (primary N) is 1. The third-order valence-electron chi connectivity index (χ3n) is 3.30. The summed E-state index contributed by atoms with van der Waals surface area (Å²) in [4.78, 5) is 12.0. The topological polar surface area (TPSA) is 73.6 Å². The molecule has 1 aromatic rings. The molecule has 1 fully saturated rings. The molecule has 20 heavy (non-hydrogen) atoms. The number of ether oxygens (including phenoxy) is 2. The number of para-hydroxylation sites is 1. The third kappa shape index (κ3) is 3.68. The smallest absolute Gasteiger partial charge is 0.258 e. The normalized spacial score (nSPS) is 20.9. The molecule has 0 spiro atoms. The maximum Gasteiger partial charge on any atom is 0.258 e. The summed E-state index contributed by atoms with van der Waals surface area (Å²) in [5.41, 5.74) is 6.24. The van der Waals surface area contributed by atoms with Gasteiger partial charge >= 0.3 is 0 Å².